The Morgan fingerprint density at radius 2 is 0.405 bits per heavy atom. The average Bonchev–Trinajstić information content (AvgIpc) is 3.42. The topological polar surface area (TPSA) is 133 Å². The molecule has 0 heterocycles. The number of hydrogen-bond acceptors (Lipinski definition) is 8. The van der Waals surface area contributed by atoms with Crippen molar-refractivity contribution in [1.82, 2.24) is 0 Å². The van der Waals surface area contributed by atoms with Crippen molar-refractivity contribution in [3.63, 3.8) is 0 Å². The summed E-state index contributed by atoms with van der Waals surface area (Å²) in [6.07, 6.45) is 70.9. The summed E-state index contributed by atoms with van der Waals surface area (Å²) in [4.78, 5) is 45.6. The van der Waals surface area contributed by atoms with Gasteiger partial charge in [0, 0.05) is 24.8 Å². The molecule has 9 heteroatoms. The van der Waals surface area contributed by atoms with Crippen LogP contribution in [0.1, 0.15) is 413 Å². The maximum Gasteiger partial charge on any atom is 2.00 e. The smallest absolute Gasteiger partial charge is 0.550 e. The Labute approximate surface area is 504 Å². The van der Waals surface area contributed by atoms with Crippen molar-refractivity contribution in [3.8, 4) is 0 Å². The second-order valence-corrected chi connectivity index (χ2v) is 24.1. The fraction of sp³-hybridized carbons (Fsp3) is 0.943. The predicted molar refractivity (Wildman–Crippen MR) is 329 cm³/mol. The maximum atomic E-state index is 12.4. The Morgan fingerprint density at radius 1 is 0.241 bits per heavy atom. The van der Waals surface area contributed by atoms with E-state index in [4.69, 9.17) is 9.47 Å². The predicted octanol–water partition coefficient (Wildman–Crippen LogP) is 20.8. The van der Waals surface area contributed by atoms with Gasteiger partial charge >= 0.3 is 31.4 Å². The largest absolute Gasteiger partial charge is 2.00 e. The number of esters is 2. The fourth-order valence-corrected chi connectivity index (χ4v) is 10.9. The zero-order valence-electron chi connectivity index (χ0n) is 53.6. The second kappa shape index (κ2) is 70.8. The Kier molecular flexibility index (Phi) is 73.2. The molecule has 0 bridgehead atoms. The van der Waals surface area contributed by atoms with Gasteiger partial charge in [-0.25, -0.2) is 0 Å². The Balaban J connectivity index is -0.00000144. The van der Waals surface area contributed by atoms with Gasteiger partial charge in [0.05, 0.1) is 0 Å². The molecule has 464 valence electrons. The molecule has 0 aromatic heterocycles. The van der Waals surface area contributed by atoms with Gasteiger partial charge in [-0.1, -0.05) is 323 Å². The molecule has 0 rings (SSSR count). The van der Waals surface area contributed by atoms with E-state index in [-0.39, 0.29) is 56.5 Å². The first kappa shape index (κ1) is 81.7. The summed E-state index contributed by atoms with van der Waals surface area (Å²) in [5.41, 5.74) is 0. The molecule has 79 heavy (non-hydrogen) atoms. The molecular formula is C70H134O8Zn. The van der Waals surface area contributed by atoms with Gasteiger partial charge < -0.3 is 29.3 Å². The van der Waals surface area contributed by atoms with Crippen LogP contribution in [0.4, 0.5) is 0 Å². The molecule has 8 nitrogen and oxygen atoms in total. The molecule has 0 aliphatic carbocycles. The molecule has 0 aromatic carbocycles. The maximum absolute atomic E-state index is 12.4. The SMILES string of the molecule is CCCCCCCCCCCCCCCCC(=O)OC(CCCC)CCCCCCCCCCCCC(=O)[O-].CCCCCCCCCCCCCCCCC(=O)OC(CCCC)CCCCCCCCCCCCC(=O)[O-].[Zn+2]. The molecule has 0 radical (unpaired) electrons. The van der Waals surface area contributed by atoms with Gasteiger partial charge in [-0.3, -0.25) is 9.59 Å². The Hall–Kier alpha value is -1.50. The van der Waals surface area contributed by atoms with Crippen LogP contribution in [0.2, 0.25) is 0 Å². The van der Waals surface area contributed by atoms with Gasteiger partial charge in [0.1, 0.15) is 12.2 Å². The standard InChI is InChI=1S/2C35H68O4.Zn/c2*1-3-5-7-8-9-10-11-12-13-14-19-22-25-28-32-35(38)39-33(29-6-4-2)30-26-23-20-17-15-16-18-21-24-27-31-34(36)37;/h2*33H,3-32H2,1-2H3,(H,36,37);/q;;+2/p-2. The molecule has 2 atom stereocenters. The monoisotopic (exact) mass is 1170 g/mol. The molecule has 2 unspecified atom stereocenters. The quantitative estimate of drug-likeness (QED) is 0.0334. The number of hydrogen-bond donors (Lipinski definition) is 0. The third-order valence-corrected chi connectivity index (χ3v) is 16.1. The van der Waals surface area contributed by atoms with Gasteiger partial charge in [-0.15, -0.1) is 0 Å². The summed E-state index contributed by atoms with van der Waals surface area (Å²) in [5.74, 6) is -1.80. The van der Waals surface area contributed by atoms with Gasteiger partial charge in [0.15, 0.2) is 0 Å². The van der Waals surface area contributed by atoms with E-state index in [1.54, 1.807) is 0 Å². The minimum atomic E-state index is -0.924. The van der Waals surface area contributed by atoms with Crippen LogP contribution in [0.15, 0.2) is 0 Å². The second-order valence-electron chi connectivity index (χ2n) is 24.1. The summed E-state index contributed by atoms with van der Waals surface area (Å²) in [6.45, 7) is 8.97. The van der Waals surface area contributed by atoms with Crippen LogP contribution < -0.4 is 10.2 Å². The van der Waals surface area contributed by atoms with Gasteiger partial charge in [-0.05, 0) is 77.0 Å². The zero-order valence-corrected chi connectivity index (χ0v) is 56.5. The minimum Gasteiger partial charge on any atom is -0.550 e. The molecule has 0 saturated carbocycles. The van der Waals surface area contributed by atoms with Gasteiger partial charge in [-0.2, -0.15) is 0 Å². The Morgan fingerprint density at radius 3 is 0.608 bits per heavy atom. The Bertz CT molecular complexity index is 1140. The van der Waals surface area contributed by atoms with Crippen LogP contribution in [0.3, 0.4) is 0 Å². The van der Waals surface area contributed by atoms with E-state index >= 15 is 0 Å². The first-order valence-corrected chi connectivity index (χ1v) is 35.0. The third-order valence-electron chi connectivity index (χ3n) is 16.1. The van der Waals surface area contributed by atoms with E-state index in [2.05, 4.69) is 27.7 Å². The van der Waals surface area contributed by atoms with Crippen LogP contribution in [-0.2, 0) is 48.1 Å². The van der Waals surface area contributed by atoms with Crippen LogP contribution in [-0.4, -0.2) is 36.1 Å². The number of carboxylic acid groups (broad SMARTS) is 2. The molecular weight excluding hydrogens is 1030 g/mol. The minimum absolute atomic E-state index is 0. The molecule has 0 N–H and O–H groups in total. The molecule has 0 spiro atoms. The number of carbonyl (C=O) groups is 4. The first-order valence-electron chi connectivity index (χ1n) is 35.0. The molecule has 0 saturated heterocycles. The van der Waals surface area contributed by atoms with E-state index in [0.29, 0.717) is 12.8 Å². The number of aliphatic carboxylic acids is 2. The number of carboxylic acids is 2. The van der Waals surface area contributed by atoms with Crippen LogP contribution in [0.25, 0.3) is 0 Å². The third kappa shape index (κ3) is 72.6. The van der Waals surface area contributed by atoms with Crippen molar-refractivity contribution in [2.45, 2.75) is 425 Å². The van der Waals surface area contributed by atoms with Crippen molar-refractivity contribution in [3.05, 3.63) is 0 Å². The average molecular weight is 1170 g/mol. The van der Waals surface area contributed by atoms with Crippen molar-refractivity contribution in [2.75, 3.05) is 0 Å². The summed E-state index contributed by atoms with van der Waals surface area (Å²) in [6, 6.07) is 0. The molecule has 0 aliphatic heterocycles. The molecule has 0 aliphatic rings. The van der Waals surface area contributed by atoms with E-state index in [9.17, 15) is 29.4 Å². The van der Waals surface area contributed by atoms with Crippen molar-refractivity contribution in [2.24, 2.45) is 0 Å². The normalized spacial score (nSPS) is 11.9. The fourth-order valence-electron chi connectivity index (χ4n) is 10.9. The van der Waals surface area contributed by atoms with E-state index in [1.807, 2.05) is 0 Å². The van der Waals surface area contributed by atoms with Crippen LogP contribution in [0.5, 0.6) is 0 Å². The summed E-state index contributed by atoms with van der Waals surface area (Å²) in [7, 11) is 0. The number of unbranched alkanes of at least 4 members (excludes halogenated alkanes) is 46. The van der Waals surface area contributed by atoms with E-state index in [1.165, 1.54) is 231 Å². The molecule has 0 aromatic rings. The number of rotatable bonds is 64. The first-order chi connectivity index (χ1) is 38.2. The summed E-state index contributed by atoms with van der Waals surface area (Å²) >= 11 is 0. The summed E-state index contributed by atoms with van der Waals surface area (Å²) < 4.78 is 11.8. The number of ether oxygens (including phenoxy) is 2. The molecule has 0 amide bonds. The zero-order chi connectivity index (χ0) is 57.3. The van der Waals surface area contributed by atoms with Crippen LogP contribution in [0, 0.1) is 0 Å². The van der Waals surface area contributed by atoms with Crippen LogP contribution >= 0.6 is 0 Å². The summed E-state index contributed by atoms with van der Waals surface area (Å²) in [5, 5.41) is 20.8. The van der Waals surface area contributed by atoms with Crippen molar-refractivity contribution >= 4 is 23.9 Å². The van der Waals surface area contributed by atoms with Gasteiger partial charge in [0.25, 0.3) is 0 Å². The van der Waals surface area contributed by atoms with Gasteiger partial charge in [0.2, 0.25) is 0 Å². The van der Waals surface area contributed by atoms with E-state index < -0.39 is 11.9 Å². The van der Waals surface area contributed by atoms with E-state index in [0.717, 1.165) is 128 Å². The van der Waals surface area contributed by atoms with Crippen molar-refractivity contribution < 1.29 is 58.3 Å². The number of carbonyl (C=O) groups excluding carboxylic acids is 4. The molecule has 0 fully saturated rings. The van der Waals surface area contributed by atoms with Crippen molar-refractivity contribution in [1.29, 1.82) is 0 Å².